The van der Waals surface area contributed by atoms with Gasteiger partial charge in [0.25, 0.3) is 0 Å². The number of hydrogen-bond donors (Lipinski definition) is 1. The second-order valence-corrected chi connectivity index (χ2v) is 8.37. The number of morpholine rings is 1. The van der Waals surface area contributed by atoms with Gasteiger partial charge < -0.3 is 24.6 Å². The molecule has 3 rings (SSSR count). The Balaban J connectivity index is 0.00000280. The second-order valence-electron chi connectivity index (χ2n) is 8.37. The Hall–Kier alpha value is -0.120. The van der Waals surface area contributed by atoms with Gasteiger partial charge in [0.15, 0.2) is 5.96 Å². The highest BCUT2D eigenvalue weighted by Gasteiger charge is 2.32. The number of guanidine groups is 1. The van der Waals surface area contributed by atoms with Gasteiger partial charge in [0.1, 0.15) is 6.10 Å². The molecule has 0 aromatic carbocycles. The van der Waals surface area contributed by atoms with E-state index in [0.29, 0.717) is 0 Å². The Morgan fingerprint density at radius 3 is 2.54 bits per heavy atom. The molecule has 1 N–H and O–H groups in total. The molecule has 0 aromatic rings. The van der Waals surface area contributed by atoms with Gasteiger partial charge in [0, 0.05) is 32.8 Å². The van der Waals surface area contributed by atoms with Gasteiger partial charge in [-0.2, -0.15) is 0 Å². The molecule has 3 saturated heterocycles. The third-order valence-electron chi connectivity index (χ3n) is 6.13. The fraction of sp³-hybridized carbons (Fsp3) is 0.952. The van der Waals surface area contributed by atoms with Gasteiger partial charge in [0.05, 0.1) is 12.7 Å². The molecular weight excluding hydrogens is 467 g/mol. The van der Waals surface area contributed by atoms with Gasteiger partial charge in [-0.25, -0.2) is 0 Å². The van der Waals surface area contributed by atoms with E-state index in [1.807, 2.05) is 0 Å². The lowest BCUT2D eigenvalue weighted by Gasteiger charge is -2.37. The van der Waals surface area contributed by atoms with E-state index >= 15 is 0 Å². The van der Waals surface area contributed by atoms with E-state index in [4.69, 9.17) is 14.5 Å². The van der Waals surface area contributed by atoms with Crippen LogP contribution in [-0.2, 0) is 9.47 Å². The first-order valence-corrected chi connectivity index (χ1v) is 11.2. The average Bonchev–Trinajstić information content (AvgIpc) is 3.23. The van der Waals surface area contributed by atoms with E-state index < -0.39 is 0 Å². The molecule has 0 saturated carbocycles. The van der Waals surface area contributed by atoms with Crippen molar-refractivity contribution in [3.63, 3.8) is 0 Å². The first-order valence-electron chi connectivity index (χ1n) is 11.2. The standard InChI is InChI=1S/C21H40N4O2.HI/c1-3-22-21(23-10-4-5-11-24-12-8-18(2)9-13-24)25-14-16-27-20(17-25)19-7-6-15-26-19;/h18-20H,3-17H2,1-2H3,(H,22,23);1H. The number of hydrogen-bond acceptors (Lipinski definition) is 4. The maximum Gasteiger partial charge on any atom is 0.194 e. The number of rotatable bonds is 7. The highest BCUT2D eigenvalue weighted by atomic mass is 127. The van der Waals surface area contributed by atoms with Gasteiger partial charge in [-0.05, 0) is 71.0 Å². The van der Waals surface area contributed by atoms with Crippen LogP contribution in [0.4, 0.5) is 0 Å². The number of piperidine rings is 1. The zero-order chi connectivity index (χ0) is 18.9. The Kier molecular flexibility index (Phi) is 11.4. The van der Waals surface area contributed by atoms with Crippen LogP contribution in [0, 0.1) is 5.92 Å². The number of nitrogens with zero attached hydrogens (tertiary/aromatic N) is 3. The van der Waals surface area contributed by atoms with Crippen molar-refractivity contribution in [3.05, 3.63) is 0 Å². The molecule has 0 aliphatic carbocycles. The van der Waals surface area contributed by atoms with E-state index in [9.17, 15) is 0 Å². The number of halogens is 1. The second kappa shape index (κ2) is 13.2. The smallest absolute Gasteiger partial charge is 0.194 e. The van der Waals surface area contributed by atoms with Crippen LogP contribution in [-0.4, -0.2) is 87.0 Å². The predicted octanol–water partition coefficient (Wildman–Crippen LogP) is 2.96. The molecule has 28 heavy (non-hydrogen) atoms. The van der Waals surface area contributed by atoms with Gasteiger partial charge >= 0.3 is 0 Å². The van der Waals surface area contributed by atoms with E-state index in [1.165, 1.54) is 45.3 Å². The molecule has 2 atom stereocenters. The zero-order valence-electron chi connectivity index (χ0n) is 17.9. The lowest BCUT2D eigenvalue weighted by atomic mass is 9.99. The molecule has 3 fully saturated rings. The van der Waals surface area contributed by atoms with Crippen LogP contribution in [0.15, 0.2) is 4.99 Å². The first kappa shape index (κ1) is 24.2. The Morgan fingerprint density at radius 2 is 1.82 bits per heavy atom. The van der Waals surface area contributed by atoms with Crippen LogP contribution in [0.5, 0.6) is 0 Å². The summed E-state index contributed by atoms with van der Waals surface area (Å²) >= 11 is 0. The molecular formula is C21H41IN4O2. The van der Waals surface area contributed by atoms with E-state index in [0.717, 1.165) is 64.1 Å². The van der Waals surface area contributed by atoms with Gasteiger partial charge in [-0.3, -0.25) is 4.99 Å². The van der Waals surface area contributed by atoms with Crippen LogP contribution in [0.25, 0.3) is 0 Å². The predicted molar refractivity (Wildman–Crippen MR) is 126 cm³/mol. The molecule has 6 nitrogen and oxygen atoms in total. The average molecular weight is 508 g/mol. The molecule has 164 valence electrons. The summed E-state index contributed by atoms with van der Waals surface area (Å²) in [6.07, 6.45) is 7.89. The largest absolute Gasteiger partial charge is 0.375 e. The zero-order valence-corrected chi connectivity index (χ0v) is 20.2. The van der Waals surface area contributed by atoms with E-state index in [-0.39, 0.29) is 36.2 Å². The van der Waals surface area contributed by atoms with Crippen molar-refractivity contribution in [1.82, 2.24) is 15.1 Å². The molecule has 0 amide bonds. The van der Waals surface area contributed by atoms with Gasteiger partial charge in [-0.15, -0.1) is 24.0 Å². The number of aliphatic imine (C=N–C) groups is 1. The summed E-state index contributed by atoms with van der Waals surface area (Å²) in [6.45, 7) is 13.6. The lowest BCUT2D eigenvalue weighted by Crippen LogP contribution is -2.53. The number of likely N-dealkylation sites (tertiary alicyclic amines) is 1. The highest BCUT2D eigenvalue weighted by molar-refractivity contribution is 14.0. The monoisotopic (exact) mass is 508 g/mol. The lowest BCUT2D eigenvalue weighted by molar-refractivity contribution is -0.0817. The van der Waals surface area contributed by atoms with Crippen molar-refractivity contribution in [2.24, 2.45) is 10.9 Å². The van der Waals surface area contributed by atoms with Crippen molar-refractivity contribution in [2.75, 3.05) is 59.0 Å². The third kappa shape index (κ3) is 7.61. The Bertz CT molecular complexity index is 452. The molecule has 0 spiro atoms. The van der Waals surface area contributed by atoms with Crippen LogP contribution in [0.3, 0.4) is 0 Å². The molecule has 7 heteroatoms. The van der Waals surface area contributed by atoms with Crippen LogP contribution >= 0.6 is 24.0 Å². The molecule has 2 unspecified atom stereocenters. The van der Waals surface area contributed by atoms with E-state index in [2.05, 4.69) is 29.0 Å². The number of ether oxygens (including phenoxy) is 2. The summed E-state index contributed by atoms with van der Waals surface area (Å²) in [5, 5.41) is 3.48. The van der Waals surface area contributed by atoms with Crippen molar-refractivity contribution in [1.29, 1.82) is 0 Å². The van der Waals surface area contributed by atoms with Crippen LogP contribution in [0.1, 0.15) is 52.4 Å². The number of nitrogens with one attached hydrogen (secondary N) is 1. The van der Waals surface area contributed by atoms with Crippen molar-refractivity contribution >= 4 is 29.9 Å². The quantitative estimate of drug-likeness (QED) is 0.248. The van der Waals surface area contributed by atoms with E-state index in [1.54, 1.807) is 0 Å². The SMILES string of the molecule is CCNC(=NCCCCN1CCC(C)CC1)N1CCOC(C2CCCO2)C1.I. The minimum Gasteiger partial charge on any atom is -0.375 e. The first-order chi connectivity index (χ1) is 13.3. The summed E-state index contributed by atoms with van der Waals surface area (Å²) in [6, 6.07) is 0. The fourth-order valence-electron chi connectivity index (χ4n) is 4.33. The van der Waals surface area contributed by atoms with Crippen LogP contribution in [0.2, 0.25) is 0 Å². The van der Waals surface area contributed by atoms with Gasteiger partial charge in [-0.1, -0.05) is 6.92 Å². The molecule has 3 heterocycles. The third-order valence-corrected chi connectivity index (χ3v) is 6.13. The van der Waals surface area contributed by atoms with Crippen molar-refractivity contribution in [3.8, 4) is 0 Å². The molecule has 0 aromatic heterocycles. The summed E-state index contributed by atoms with van der Waals surface area (Å²) < 4.78 is 11.8. The maximum absolute atomic E-state index is 5.98. The molecule has 0 bridgehead atoms. The summed E-state index contributed by atoms with van der Waals surface area (Å²) in [5.74, 6) is 1.97. The van der Waals surface area contributed by atoms with Crippen molar-refractivity contribution in [2.45, 2.75) is 64.6 Å². The van der Waals surface area contributed by atoms with Gasteiger partial charge in [0.2, 0.25) is 0 Å². The molecule has 0 radical (unpaired) electrons. The molecule has 3 aliphatic heterocycles. The summed E-state index contributed by atoms with van der Waals surface area (Å²) in [4.78, 5) is 9.90. The molecule has 3 aliphatic rings. The summed E-state index contributed by atoms with van der Waals surface area (Å²) in [5.41, 5.74) is 0. The van der Waals surface area contributed by atoms with Crippen LogP contribution < -0.4 is 5.32 Å². The summed E-state index contributed by atoms with van der Waals surface area (Å²) in [7, 11) is 0. The maximum atomic E-state index is 5.98. The minimum atomic E-state index is 0. The highest BCUT2D eigenvalue weighted by Crippen LogP contribution is 2.21. The normalized spacial score (nSPS) is 27.6. The van der Waals surface area contributed by atoms with Crippen molar-refractivity contribution < 1.29 is 9.47 Å². The minimum absolute atomic E-state index is 0. The topological polar surface area (TPSA) is 49.3 Å². The Labute approximate surface area is 188 Å². The number of unbranched alkanes of at least 4 members (excludes halogenated alkanes) is 1. The Morgan fingerprint density at radius 1 is 1.04 bits per heavy atom. The fourth-order valence-corrected chi connectivity index (χ4v) is 4.33.